The summed E-state index contributed by atoms with van der Waals surface area (Å²) in [6.07, 6.45) is 0. The molecule has 7 rings (SSSR count). The molecule has 0 aliphatic rings. The highest BCUT2D eigenvalue weighted by Gasteiger charge is 2.21. The van der Waals surface area contributed by atoms with Gasteiger partial charge in [-0.15, -0.1) is 20.5 Å². The highest BCUT2D eigenvalue weighted by Crippen LogP contribution is 2.43. The number of aliphatic hydroxyl groups is 1. The minimum absolute atomic E-state index is 0.00276. The maximum atomic E-state index is 12.3. The maximum absolute atomic E-state index is 12.3. The van der Waals surface area contributed by atoms with Crippen molar-refractivity contribution in [2.24, 2.45) is 20.5 Å². The smallest absolute Gasteiger partial charge is 0.295 e. The van der Waals surface area contributed by atoms with Crippen LogP contribution in [0.4, 0.5) is 44.5 Å². The van der Waals surface area contributed by atoms with Gasteiger partial charge in [-0.2, -0.15) is 30.5 Å². The molecule has 6 N–H and O–H groups in total. The van der Waals surface area contributed by atoms with Crippen molar-refractivity contribution >= 4 is 97.0 Å². The van der Waals surface area contributed by atoms with Crippen LogP contribution in [0.5, 0.6) is 0 Å². The fourth-order valence-corrected chi connectivity index (χ4v) is 8.35. The van der Waals surface area contributed by atoms with Gasteiger partial charge in [0.2, 0.25) is 5.13 Å². The highest BCUT2D eigenvalue weighted by atomic mass is 32.2. The Morgan fingerprint density at radius 3 is 1.85 bits per heavy atom. The first-order valence-electron chi connectivity index (χ1n) is 17.6. The number of fused-ring (bicyclic) bond motifs is 1. The first-order valence-corrected chi connectivity index (χ1v) is 22.7. The molecule has 0 amide bonds. The number of hydrogen-bond acceptors (Lipinski definition) is 17. The van der Waals surface area contributed by atoms with Crippen LogP contribution in [0.15, 0.2) is 144 Å². The minimum Gasteiger partial charge on any atom is -0.392 e. The number of hydrogen-bond donors (Lipinski definition) is 6. The summed E-state index contributed by atoms with van der Waals surface area (Å²) in [4.78, 5) is 8.11. The molecule has 0 fully saturated rings. The average Bonchev–Trinajstić information content (AvgIpc) is 3.64. The van der Waals surface area contributed by atoms with Gasteiger partial charge in [0, 0.05) is 27.9 Å². The Morgan fingerprint density at radius 1 is 0.694 bits per heavy atom. The van der Waals surface area contributed by atoms with Crippen LogP contribution >= 0.6 is 11.3 Å². The third-order valence-electron chi connectivity index (χ3n) is 8.94. The molecule has 62 heavy (non-hydrogen) atoms. The van der Waals surface area contributed by atoms with Crippen molar-refractivity contribution in [2.45, 2.75) is 28.2 Å². The van der Waals surface area contributed by atoms with Crippen LogP contribution in [-0.2, 0) is 37.0 Å². The monoisotopic (exact) mass is 911 g/mol. The number of nitriles is 1. The van der Waals surface area contributed by atoms with Gasteiger partial charge in [-0.1, -0.05) is 59.9 Å². The molecule has 7 aromatic rings. The summed E-state index contributed by atoms with van der Waals surface area (Å²) in [5.41, 5.74) is 2.43. The van der Waals surface area contributed by atoms with E-state index in [-0.39, 0.29) is 82.3 Å². The number of azo groups is 2. The van der Waals surface area contributed by atoms with Gasteiger partial charge < -0.3 is 15.7 Å². The maximum Gasteiger partial charge on any atom is 0.295 e. The number of nitrogens with zero attached hydrogens (tertiary/aromatic N) is 7. The molecule has 0 saturated carbocycles. The van der Waals surface area contributed by atoms with Crippen LogP contribution in [0, 0.1) is 18.3 Å². The second-order valence-corrected chi connectivity index (χ2v) is 18.3. The van der Waals surface area contributed by atoms with Gasteiger partial charge >= 0.3 is 0 Å². The van der Waals surface area contributed by atoms with E-state index >= 15 is 0 Å². The van der Waals surface area contributed by atoms with Crippen molar-refractivity contribution in [1.82, 2.24) is 9.97 Å². The Labute approximate surface area is 357 Å². The average molecular weight is 912 g/mol. The molecule has 0 atom stereocenters. The number of benzene rings is 5. The molecule has 0 spiro atoms. The Bertz CT molecular complexity index is 3320. The number of nitrogens with one attached hydrogen (secondary N) is 2. The fraction of sp³-hybridized carbons (Fsp3) is 0.0513. The fourth-order valence-electron chi connectivity index (χ4n) is 5.92. The van der Waals surface area contributed by atoms with Crippen LogP contribution < -0.4 is 10.6 Å². The van der Waals surface area contributed by atoms with E-state index in [1.807, 2.05) is 0 Å². The van der Waals surface area contributed by atoms with Crippen LogP contribution in [-0.4, -0.2) is 54.0 Å². The molecule has 5 aromatic carbocycles. The van der Waals surface area contributed by atoms with Crippen LogP contribution in [0.1, 0.15) is 16.7 Å². The molecule has 0 aliphatic carbocycles. The number of aliphatic hydroxyl groups excluding tert-OH is 1. The lowest BCUT2D eigenvalue weighted by molar-refractivity contribution is 0.282. The summed E-state index contributed by atoms with van der Waals surface area (Å²) < 4.78 is 100.0. The predicted octanol–water partition coefficient (Wildman–Crippen LogP) is 9.09. The molecule has 23 heteroatoms. The van der Waals surface area contributed by atoms with Gasteiger partial charge in [-0.05, 0) is 78.5 Å². The van der Waals surface area contributed by atoms with Crippen LogP contribution in [0.2, 0.25) is 0 Å². The van der Waals surface area contributed by atoms with E-state index in [1.165, 1.54) is 30.3 Å². The van der Waals surface area contributed by atoms with Gasteiger partial charge in [-0.3, -0.25) is 13.7 Å². The van der Waals surface area contributed by atoms with Crippen molar-refractivity contribution in [1.29, 1.82) is 5.26 Å². The van der Waals surface area contributed by atoms with Gasteiger partial charge in [0.1, 0.15) is 22.3 Å². The van der Waals surface area contributed by atoms with E-state index in [0.717, 1.165) is 35.6 Å². The molecule has 0 bridgehead atoms. The summed E-state index contributed by atoms with van der Waals surface area (Å²) in [5, 5.41) is 44.4. The van der Waals surface area contributed by atoms with Gasteiger partial charge in [-0.25, -0.2) is 9.97 Å². The summed E-state index contributed by atoms with van der Waals surface area (Å²) >= 11 is 0.945. The quantitative estimate of drug-likeness (QED) is 0.0464. The summed E-state index contributed by atoms with van der Waals surface area (Å²) in [5.74, 6) is 0.00107. The SMILES string of the molecule is Cc1c(C#N)c(Nc2ccc(S(=O)(=O)O)cc2)nc(Nc2ccc(S(=O)(=O)O)cc2)c1N=Nc1nc(-c2ccc(CO)cc2)c(N=Nc2cc(S(=O)(=O)O)c3ccccc3c2)s1. The summed E-state index contributed by atoms with van der Waals surface area (Å²) in [7, 11) is -13.6. The first kappa shape index (κ1) is 43.2. The lowest BCUT2D eigenvalue weighted by Crippen LogP contribution is -2.05. The lowest BCUT2D eigenvalue weighted by atomic mass is 10.1. The molecule has 0 aliphatic heterocycles. The van der Waals surface area contributed by atoms with Gasteiger partial charge in [0.05, 0.1) is 27.6 Å². The molecule has 2 heterocycles. The first-order chi connectivity index (χ1) is 29.4. The third-order valence-corrected chi connectivity index (χ3v) is 12.4. The summed E-state index contributed by atoms with van der Waals surface area (Å²) in [6.45, 7) is 1.35. The summed E-state index contributed by atoms with van der Waals surface area (Å²) in [6, 6.07) is 28.1. The largest absolute Gasteiger partial charge is 0.392 e. The van der Waals surface area contributed by atoms with E-state index in [2.05, 4.69) is 47.1 Å². The van der Waals surface area contributed by atoms with E-state index in [4.69, 9.17) is 0 Å². The highest BCUT2D eigenvalue weighted by molar-refractivity contribution is 7.86. The third kappa shape index (κ3) is 9.68. The molecule has 2 aromatic heterocycles. The topological polar surface area (TPSA) is 306 Å². The second-order valence-electron chi connectivity index (χ2n) is 13.1. The molecule has 314 valence electrons. The van der Waals surface area contributed by atoms with E-state index in [1.54, 1.807) is 61.5 Å². The van der Waals surface area contributed by atoms with Crippen LogP contribution in [0.25, 0.3) is 22.0 Å². The predicted molar refractivity (Wildman–Crippen MR) is 228 cm³/mol. The molecule has 0 unspecified atom stereocenters. The van der Waals surface area contributed by atoms with Gasteiger partial charge in [0.15, 0.2) is 16.6 Å². The second kappa shape index (κ2) is 17.2. The molecular formula is C39H29N9O10S4. The Morgan fingerprint density at radius 2 is 1.29 bits per heavy atom. The molecule has 0 saturated heterocycles. The van der Waals surface area contributed by atoms with Gasteiger partial charge in [0.25, 0.3) is 30.4 Å². The molecule has 19 nitrogen and oxygen atoms in total. The van der Waals surface area contributed by atoms with Crippen molar-refractivity contribution in [3.05, 3.63) is 126 Å². The number of pyridine rings is 1. The van der Waals surface area contributed by atoms with E-state index in [9.17, 15) is 49.3 Å². The number of thiazole rings is 1. The van der Waals surface area contributed by atoms with Crippen molar-refractivity contribution in [2.75, 3.05) is 10.6 Å². The number of rotatable bonds is 13. The van der Waals surface area contributed by atoms with Crippen molar-refractivity contribution < 1.29 is 44.0 Å². The molecular weight excluding hydrogens is 883 g/mol. The molecule has 0 radical (unpaired) electrons. The normalized spacial score (nSPS) is 12.3. The minimum atomic E-state index is -4.64. The zero-order valence-corrected chi connectivity index (χ0v) is 34.9. The lowest BCUT2D eigenvalue weighted by Gasteiger charge is -2.16. The van der Waals surface area contributed by atoms with Crippen molar-refractivity contribution in [3.63, 3.8) is 0 Å². The number of anilines is 4. The van der Waals surface area contributed by atoms with Crippen molar-refractivity contribution in [3.8, 4) is 17.3 Å². The zero-order chi connectivity index (χ0) is 44.4. The van der Waals surface area contributed by atoms with E-state index < -0.39 is 30.4 Å². The van der Waals surface area contributed by atoms with E-state index in [0.29, 0.717) is 22.2 Å². The van der Waals surface area contributed by atoms with Crippen LogP contribution in [0.3, 0.4) is 0 Å². The zero-order valence-electron chi connectivity index (χ0n) is 31.6. The Kier molecular flexibility index (Phi) is 12.0. The number of aromatic nitrogens is 2. The standard InChI is InChI=1S/C39H29N9O10S4/c1-22-32(20-40)36(41-26-10-14-29(15-11-26)60(50,51)52)44-37(42-27-12-16-30(17-13-27)61(53,54)55)34(22)46-48-39-43-35(24-8-6-23(21-49)7-9-24)38(59-39)47-45-28-18-25-4-2-3-5-31(25)33(19-28)62(56,57)58/h2-19,49H,21H2,1H3,(H2,41,42,44)(H,50,51,52)(H,53,54,55)(H,56,57,58). The Hall–Kier alpha value is -6.88. The Balaban J connectivity index is 1.32.